The minimum absolute atomic E-state index is 0.277. The van der Waals surface area contributed by atoms with Crippen LogP contribution in [0.2, 0.25) is 0 Å². The molecule has 22 heavy (non-hydrogen) atoms. The summed E-state index contributed by atoms with van der Waals surface area (Å²) in [5, 5.41) is 2.30. The van der Waals surface area contributed by atoms with E-state index in [1.54, 1.807) is 0 Å². The molecule has 1 aromatic heterocycles. The molecule has 3 aromatic rings. The molecule has 4 heteroatoms. The van der Waals surface area contributed by atoms with E-state index in [4.69, 9.17) is 0 Å². The number of aromatic nitrogens is 2. The SMILES string of the molecule is CCCc1c(Cc2cccc3ccccc23)[nH]c(=O)[nH]c1=O. The van der Waals surface area contributed by atoms with Crippen LogP contribution in [0.3, 0.4) is 0 Å². The average Bonchev–Trinajstić information content (AvgIpc) is 2.51. The second-order valence-corrected chi connectivity index (χ2v) is 5.43. The maximum Gasteiger partial charge on any atom is 0.325 e. The van der Waals surface area contributed by atoms with Gasteiger partial charge in [-0.2, -0.15) is 0 Å². The van der Waals surface area contributed by atoms with Crippen LogP contribution in [-0.2, 0) is 12.8 Å². The van der Waals surface area contributed by atoms with Crippen molar-refractivity contribution in [3.05, 3.63) is 80.1 Å². The fourth-order valence-electron chi connectivity index (χ4n) is 2.86. The maximum absolute atomic E-state index is 12.0. The molecule has 0 amide bonds. The van der Waals surface area contributed by atoms with Crippen LogP contribution in [0, 0.1) is 0 Å². The average molecular weight is 294 g/mol. The number of hydrogen-bond donors (Lipinski definition) is 2. The van der Waals surface area contributed by atoms with Crippen molar-refractivity contribution in [2.45, 2.75) is 26.2 Å². The largest absolute Gasteiger partial charge is 0.325 e. The Bertz CT molecular complexity index is 917. The number of fused-ring (bicyclic) bond motifs is 1. The Hall–Kier alpha value is -2.62. The Balaban J connectivity index is 2.13. The summed E-state index contributed by atoms with van der Waals surface area (Å²) in [6.45, 7) is 2.02. The van der Waals surface area contributed by atoms with Crippen LogP contribution in [0.15, 0.2) is 52.1 Å². The minimum Gasteiger partial charge on any atom is -0.311 e. The molecule has 0 saturated heterocycles. The first-order valence-corrected chi connectivity index (χ1v) is 7.50. The van der Waals surface area contributed by atoms with E-state index in [1.165, 1.54) is 0 Å². The summed E-state index contributed by atoms with van der Waals surface area (Å²) in [7, 11) is 0. The molecule has 1 heterocycles. The van der Waals surface area contributed by atoms with Gasteiger partial charge < -0.3 is 4.98 Å². The van der Waals surface area contributed by atoms with E-state index in [2.05, 4.69) is 28.2 Å². The summed E-state index contributed by atoms with van der Waals surface area (Å²) in [5.41, 5.74) is 1.78. The molecule has 112 valence electrons. The standard InChI is InChI=1S/C18H18N2O2/c1-2-6-15-16(19-18(22)20-17(15)21)11-13-9-5-8-12-7-3-4-10-14(12)13/h3-5,7-10H,2,6,11H2,1H3,(H2,19,20,21,22). The van der Waals surface area contributed by atoms with Crippen molar-refractivity contribution in [2.24, 2.45) is 0 Å². The third-order valence-electron chi connectivity index (χ3n) is 3.88. The first kappa shape index (κ1) is 14.3. The molecule has 0 aliphatic rings. The molecule has 0 aliphatic carbocycles. The van der Waals surface area contributed by atoms with Crippen molar-refractivity contribution in [2.75, 3.05) is 0 Å². The van der Waals surface area contributed by atoms with Gasteiger partial charge in [-0.05, 0) is 22.8 Å². The van der Waals surface area contributed by atoms with Crippen molar-refractivity contribution >= 4 is 10.8 Å². The Morgan fingerprint density at radius 1 is 0.955 bits per heavy atom. The van der Waals surface area contributed by atoms with Crippen LogP contribution in [0.25, 0.3) is 10.8 Å². The van der Waals surface area contributed by atoms with Crippen molar-refractivity contribution in [1.29, 1.82) is 0 Å². The van der Waals surface area contributed by atoms with Crippen LogP contribution in [0.1, 0.15) is 30.2 Å². The fourth-order valence-corrected chi connectivity index (χ4v) is 2.86. The zero-order valence-electron chi connectivity index (χ0n) is 12.5. The number of rotatable bonds is 4. The van der Waals surface area contributed by atoms with E-state index in [-0.39, 0.29) is 5.56 Å². The predicted molar refractivity (Wildman–Crippen MR) is 88.4 cm³/mol. The van der Waals surface area contributed by atoms with Crippen LogP contribution in [-0.4, -0.2) is 9.97 Å². The van der Waals surface area contributed by atoms with Crippen LogP contribution >= 0.6 is 0 Å². The second-order valence-electron chi connectivity index (χ2n) is 5.43. The lowest BCUT2D eigenvalue weighted by molar-refractivity contribution is 0.834. The Kier molecular flexibility index (Phi) is 3.92. The van der Waals surface area contributed by atoms with Gasteiger partial charge in [0.25, 0.3) is 5.56 Å². The molecule has 0 fully saturated rings. The highest BCUT2D eigenvalue weighted by Crippen LogP contribution is 2.21. The van der Waals surface area contributed by atoms with Crippen molar-refractivity contribution in [3.8, 4) is 0 Å². The summed E-state index contributed by atoms with van der Waals surface area (Å²) >= 11 is 0. The molecular weight excluding hydrogens is 276 g/mol. The van der Waals surface area contributed by atoms with E-state index in [1.807, 2.05) is 31.2 Å². The summed E-state index contributed by atoms with van der Waals surface area (Å²) in [6, 6.07) is 14.2. The van der Waals surface area contributed by atoms with Gasteiger partial charge in [0.15, 0.2) is 0 Å². The Morgan fingerprint density at radius 2 is 1.73 bits per heavy atom. The highest BCUT2D eigenvalue weighted by molar-refractivity contribution is 5.85. The van der Waals surface area contributed by atoms with Crippen molar-refractivity contribution in [3.63, 3.8) is 0 Å². The molecule has 3 rings (SSSR count). The number of benzene rings is 2. The fraction of sp³-hybridized carbons (Fsp3) is 0.222. The van der Waals surface area contributed by atoms with Crippen molar-refractivity contribution < 1.29 is 0 Å². The van der Waals surface area contributed by atoms with Gasteiger partial charge in [0.2, 0.25) is 0 Å². The minimum atomic E-state index is -0.444. The third kappa shape index (κ3) is 2.72. The molecule has 0 aliphatic heterocycles. The maximum atomic E-state index is 12.0. The zero-order chi connectivity index (χ0) is 15.5. The number of nitrogens with one attached hydrogen (secondary N) is 2. The second kappa shape index (κ2) is 6.02. The van der Waals surface area contributed by atoms with Gasteiger partial charge in [-0.25, -0.2) is 4.79 Å². The first-order chi connectivity index (χ1) is 10.7. The van der Waals surface area contributed by atoms with Gasteiger partial charge in [-0.15, -0.1) is 0 Å². The first-order valence-electron chi connectivity index (χ1n) is 7.50. The topological polar surface area (TPSA) is 65.7 Å². The summed E-state index contributed by atoms with van der Waals surface area (Å²) in [4.78, 5) is 28.8. The van der Waals surface area contributed by atoms with Crippen LogP contribution in [0.4, 0.5) is 0 Å². The van der Waals surface area contributed by atoms with E-state index in [0.717, 1.165) is 22.8 Å². The molecule has 0 saturated carbocycles. The van der Waals surface area contributed by atoms with Gasteiger partial charge in [-0.1, -0.05) is 55.8 Å². The third-order valence-corrected chi connectivity index (χ3v) is 3.88. The summed E-state index contributed by atoms with van der Waals surface area (Å²) in [6.07, 6.45) is 2.07. The number of aromatic amines is 2. The molecule has 2 aromatic carbocycles. The molecule has 4 nitrogen and oxygen atoms in total. The molecule has 0 atom stereocenters. The quantitative estimate of drug-likeness (QED) is 0.777. The Labute approximate surface area is 127 Å². The molecule has 0 bridgehead atoms. The molecule has 0 unspecified atom stereocenters. The van der Waals surface area contributed by atoms with E-state index < -0.39 is 5.69 Å². The summed E-state index contributed by atoms with van der Waals surface area (Å²) in [5.74, 6) is 0. The van der Waals surface area contributed by atoms with Gasteiger partial charge >= 0.3 is 5.69 Å². The zero-order valence-corrected chi connectivity index (χ0v) is 12.5. The van der Waals surface area contributed by atoms with Gasteiger partial charge in [0.05, 0.1) is 0 Å². The summed E-state index contributed by atoms with van der Waals surface area (Å²) < 4.78 is 0. The van der Waals surface area contributed by atoms with Gasteiger partial charge in [0, 0.05) is 17.7 Å². The lowest BCUT2D eigenvalue weighted by atomic mass is 9.98. The lowest BCUT2D eigenvalue weighted by Gasteiger charge is -2.10. The monoisotopic (exact) mass is 294 g/mol. The number of H-pyrrole nitrogens is 2. The van der Waals surface area contributed by atoms with E-state index in [9.17, 15) is 9.59 Å². The normalized spacial score (nSPS) is 11.0. The number of hydrogen-bond acceptors (Lipinski definition) is 2. The lowest BCUT2D eigenvalue weighted by Crippen LogP contribution is -2.28. The van der Waals surface area contributed by atoms with Crippen LogP contribution < -0.4 is 11.2 Å². The van der Waals surface area contributed by atoms with Gasteiger partial charge in [0.1, 0.15) is 0 Å². The molecule has 2 N–H and O–H groups in total. The van der Waals surface area contributed by atoms with Gasteiger partial charge in [-0.3, -0.25) is 9.78 Å². The molecule has 0 radical (unpaired) electrons. The molecule has 0 spiro atoms. The predicted octanol–water partition coefficient (Wildman–Crippen LogP) is 2.76. The highest BCUT2D eigenvalue weighted by atomic mass is 16.2. The smallest absolute Gasteiger partial charge is 0.311 e. The van der Waals surface area contributed by atoms with Crippen molar-refractivity contribution in [1.82, 2.24) is 9.97 Å². The Morgan fingerprint density at radius 3 is 2.55 bits per heavy atom. The van der Waals surface area contributed by atoms with E-state index >= 15 is 0 Å². The highest BCUT2D eigenvalue weighted by Gasteiger charge is 2.10. The van der Waals surface area contributed by atoms with E-state index in [0.29, 0.717) is 24.1 Å². The molecular formula is C18H18N2O2. The van der Waals surface area contributed by atoms with Crippen LogP contribution in [0.5, 0.6) is 0 Å².